The highest BCUT2D eigenvalue weighted by molar-refractivity contribution is 6.24. The normalized spacial score (nSPS) is 145. The van der Waals surface area contributed by atoms with Crippen LogP contribution in [0.2, 0.25) is 0 Å². The van der Waals surface area contributed by atoms with E-state index in [0.29, 0.717) is 5.54 Å². The average Bonchev–Trinajstić information content (AvgIpc) is 3.14. The highest BCUT2D eigenvalue weighted by Crippen LogP contribution is 3.79. The Morgan fingerprint density at radius 1 is 0.297 bits per heavy atom. The molecule has 64 heavy (non-hydrogen) atoms. The number of nitrogens with zero attached hydrogens (tertiary/aromatic N) is 1. The maximum absolute atomic E-state index is 8.67. The van der Waals surface area contributed by atoms with Crippen molar-refractivity contribution < 1.29 is 0 Å². The molecule has 0 radical (unpaired) electrons. The van der Waals surface area contributed by atoms with Gasteiger partial charge in [0, 0.05) is 49.4 Å². The lowest BCUT2D eigenvalue weighted by atomic mass is 8.27. The Hall–Kier alpha value is -0.0800. The Balaban J connectivity index is 0.788. The van der Waals surface area contributed by atoms with Gasteiger partial charge < -0.3 is 0 Å². The summed E-state index contributed by atoms with van der Waals surface area (Å²) in [5, 5.41) is 3.23. The predicted octanol–water partition coefficient (Wildman–Crippen LogP) is 3.48. The van der Waals surface area contributed by atoms with Crippen molar-refractivity contribution in [1.29, 1.82) is 0 Å². The molecule has 2 nitrogen and oxygen atoms in total. The molecule has 56 atom stereocenters. The largest absolute Gasteiger partial charge is 0.268 e. The second kappa shape index (κ2) is 2.97. The van der Waals surface area contributed by atoms with Gasteiger partial charge in [-0.3, -0.25) is 5.84 Å². The topological polar surface area (TPSA) is 29.3 Å². The third-order valence-electron chi connectivity index (χ3n) is 56.5. The molecular weight excluding hydrogens is 773 g/mol. The fraction of sp³-hybridized carbons (Fsp3) is 1.00. The van der Waals surface area contributed by atoms with E-state index in [-0.39, 0.29) is 0 Å². The second-order valence-electron chi connectivity index (χ2n) is 41.5. The lowest BCUT2D eigenvalue weighted by molar-refractivity contribution is -1.31. The second-order valence-corrected chi connectivity index (χ2v) is 41.5. The van der Waals surface area contributed by atoms with Crippen LogP contribution in [0.4, 0.5) is 0 Å². The van der Waals surface area contributed by atoms with Crippen molar-refractivity contribution in [2.24, 2.45) is 308 Å². The molecule has 2 heteroatoms. The van der Waals surface area contributed by atoms with Crippen LogP contribution in [-0.4, -0.2) is 16.6 Å². The van der Waals surface area contributed by atoms with Gasteiger partial charge in [-0.25, -0.2) is 5.01 Å². The molecule has 0 aromatic carbocycles. The minimum absolute atomic E-state index is 0.650. The van der Waals surface area contributed by atoms with Gasteiger partial charge in [0.2, 0.25) is 0 Å². The zero-order chi connectivity index (χ0) is 35.4. The molecule has 1 saturated heterocycles. The van der Waals surface area contributed by atoms with Gasteiger partial charge in [0.05, 0.1) is 5.54 Å². The van der Waals surface area contributed by atoms with E-state index in [0.717, 1.165) is 196 Å². The zero-order valence-corrected chi connectivity index (χ0v) is 34.8. The first-order valence-corrected chi connectivity index (χ1v) is 31.2. The molecule has 292 valence electrons. The van der Waals surface area contributed by atoms with Crippen molar-refractivity contribution in [3.63, 3.8) is 0 Å². The summed E-state index contributed by atoms with van der Waals surface area (Å²) in [5.74, 6) is 34.2. The first-order chi connectivity index (χ1) is 31.7. The number of hydrogen-bond donors (Lipinski definition) is 1. The lowest BCUT2D eigenvalue weighted by Gasteiger charge is -3.75. The smallest absolute Gasteiger partial charge is 0.0580 e. The molecule has 46 aliphatic carbocycles. The fourth-order valence-electron chi connectivity index (χ4n) is 73.4. The molecule has 0 aromatic heterocycles. The summed E-state index contributed by atoms with van der Waals surface area (Å²) in [7, 11) is 0. The summed E-state index contributed by atoms with van der Waals surface area (Å²) in [4.78, 5) is 0. The van der Waals surface area contributed by atoms with E-state index < -0.39 is 0 Å². The molecule has 0 aromatic rings. The molecule has 47 aliphatic rings. The van der Waals surface area contributed by atoms with Gasteiger partial charge in [-0.05, 0) is 297 Å². The summed E-state index contributed by atoms with van der Waals surface area (Å²) < 4.78 is 0. The van der Waals surface area contributed by atoms with Crippen LogP contribution in [0.5, 0.6) is 0 Å². The van der Waals surface area contributed by atoms with Crippen molar-refractivity contribution >= 4 is 0 Å². The monoisotopic (exact) mass is 806 g/mol. The third kappa shape index (κ3) is 0.401. The van der Waals surface area contributed by atoms with Gasteiger partial charge in [-0.1, -0.05) is 0 Å². The number of fused-ring (bicyclic) bond motifs is 15. The van der Waals surface area contributed by atoms with E-state index in [9.17, 15) is 0 Å². The molecule has 1 aliphatic heterocycles. The van der Waals surface area contributed by atoms with E-state index in [1.807, 2.05) is 25.7 Å². The number of nitrogens with two attached hydrogens (primary N) is 1. The van der Waals surface area contributed by atoms with Crippen molar-refractivity contribution in [2.75, 3.05) is 0 Å². The average molecular weight is 807 g/mol. The van der Waals surface area contributed by atoms with Gasteiger partial charge in [0.1, 0.15) is 0 Å². The zero-order valence-electron chi connectivity index (χ0n) is 34.8. The standard InChI is InChI=1S/C62H34N2/c63-64-26-21-12-3-11-18-25-24-17-10-2-9-16-23-20-14-6-27-5-13-19-22-15-8-1-7-4-28-29(7,8)34(15)41(22)39(19)32(13,27)47-33(14,27)40(20)42(23)35(16)30(9,10)36(17)43(24)44(25)37(18)31(11,12)38(21)45(26)56-49(37,38)55(44)54(43)48(35,36)53(42)52(40,47)58-51(39,47)50(41)46(28,34)61(56,62(28,45)64)60(50,58)59(55,56)57(53,54)58/h7-26H,1-6,63H2. The Labute approximate surface area is 361 Å². The highest BCUT2D eigenvalue weighted by Gasteiger charge is 3.79. The van der Waals surface area contributed by atoms with Crippen LogP contribution in [0.1, 0.15) is 38.5 Å². The van der Waals surface area contributed by atoms with Gasteiger partial charge in [0.15, 0.2) is 0 Å². The Kier molecular flexibility index (Phi) is 0.972. The minimum Gasteiger partial charge on any atom is -0.268 e. The highest BCUT2D eigenvalue weighted by atomic mass is 15.9. The van der Waals surface area contributed by atoms with Crippen molar-refractivity contribution in [3.8, 4) is 0 Å². The molecule has 36 spiro atoms. The lowest BCUT2D eigenvalue weighted by Crippen LogP contribution is -3.75. The maximum atomic E-state index is 8.67. The molecule has 47 fully saturated rings. The summed E-state index contributed by atoms with van der Waals surface area (Å²) in [5.41, 5.74) is 37.1. The van der Waals surface area contributed by atoms with E-state index in [4.69, 9.17) is 5.84 Å². The predicted molar refractivity (Wildman–Crippen MR) is 192 cm³/mol. The number of hydrogen-bond acceptors (Lipinski definition) is 2. The van der Waals surface area contributed by atoms with Crippen LogP contribution in [-0.2, 0) is 0 Å². The van der Waals surface area contributed by atoms with Gasteiger partial charge in [0.25, 0.3) is 0 Å². The van der Waals surface area contributed by atoms with Crippen LogP contribution >= 0.6 is 0 Å². The van der Waals surface area contributed by atoms with E-state index in [1.54, 1.807) is 12.8 Å². The van der Waals surface area contributed by atoms with Crippen molar-refractivity contribution in [3.05, 3.63) is 0 Å². The minimum atomic E-state index is 0.650. The third-order valence-corrected chi connectivity index (χ3v) is 56.5. The van der Waals surface area contributed by atoms with E-state index in [2.05, 4.69) is 5.01 Å². The molecule has 2 N–H and O–H groups in total. The first kappa shape index (κ1) is 20.9. The maximum Gasteiger partial charge on any atom is 0.0580 e. The number of rotatable bonds is 0. The Bertz CT molecular complexity index is 4610. The van der Waals surface area contributed by atoms with Gasteiger partial charge in [-0.2, -0.15) is 0 Å². The molecule has 0 amide bonds. The van der Waals surface area contributed by atoms with Crippen LogP contribution < -0.4 is 5.84 Å². The number of piperidine rings is 2. The quantitative estimate of drug-likeness (QED) is 0.381. The Morgan fingerprint density at radius 2 is 0.703 bits per heavy atom. The molecule has 1 heterocycles. The van der Waals surface area contributed by atoms with Crippen molar-refractivity contribution in [2.45, 2.75) is 50.1 Å². The SMILES string of the molecule is NN1C2C3C4CC5C6C7C8C9C%10CC%11C%12C%13C%14C%15CC%16%17CC%18C%19C%20C%21C%22CC%23CC%24%25C%23%22C%21%22C%20%21C%19%20C%18%16C%16%18C%15%17C%14%15C%13%14C%12%13C%11%10C9%10C89C78C67C54C34C23C1%24C12C%25%22C%215C%20%16C6%11C%15%18C%14%12C%13%10C9%10C89C74C31C9(C%12%106)C52%11. The molecule has 46 saturated carbocycles. The van der Waals surface area contributed by atoms with E-state index >= 15 is 0 Å². The fourth-order valence-corrected chi connectivity index (χ4v) is 73.4. The molecule has 56 unspecified atom stereocenters. The molecular formula is C62H34N2. The summed E-state index contributed by atoms with van der Waals surface area (Å²) in [6.45, 7) is 0. The van der Waals surface area contributed by atoms with Crippen LogP contribution in [0.3, 0.4) is 0 Å². The van der Waals surface area contributed by atoms with Crippen LogP contribution in [0.15, 0.2) is 0 Å². The van der Waals surface area contributed by atoms with Gasteiger partial charge in [-0.15, -0.1) is 0 Å². The summed E-state index contributed by atoms with van der Waals surface area (Å²) in [6, 6.07) is 0.975. The van der Waals surface area contributed by atoms with Crippen LogP contribution in [0.25, 0.3) is 0 Å². The summed E-state index contributed by atoms with van der Waals surface area (Å²) in [6.07, 6.45) is 11.1. The van der Waals surface area contributed by atoms with Crippen LogP contribution in [0, 0.1) is 302 Å². The first-order valence-electron chi connectivity index (χ1n) is 31.2. The summed E-state index contributed by atoms with van der Waals surface area (Å²) >= 11 is 0. The van der Waals surface area contributed by atoms with Crippen molar-refractivity contribution in [1.82, 2.24) is 5.01 Å². The molecule has 0 bridgehead atoms. The van der Waals surface area contributed by atoms with Gasteiger partial charge >= 0.3 is 0 Å². The van der Waals surface area contributed by atoms with E-state index in [1.165, 1.54) is 112 Å². The molecule has 47 rings (SSSR count). The number of hydrazine groups is 1. The Morgan fingerprint density at radius 3 is 1.27 bits per heavy atom.